The zero-order chi connectivity index (χ0) is 20.8. The Kier molecular flexibility index (Phi) is 6.46. The minimum absolute atomic E-state index is 0.345. The summed E-state index contributed by atoms with van der Waals surface area (Å²) in [5.41, 5.74) is 1.62. The van der Waals surface area contributed by atoms with E-state index in [0.717, 1.165) is 27.3 Å². The first kappa shape index (κ1) is 20.3. The predicted molar refractivity (Wildman–Crippen MR) is 114 cm³/mol. The minimum Gasteiger partial charge on any atom is -0.497 e. The second-order valence-electron chi connectivity index (χ2n) is 6.18. The number of carbonyl (C=O) groups excluding carboxylic acids is 2. The van der Waals surface area contributed by atoms with Crippen molar-refractivity contribution in [1.29, 1.82) is 0 Å². The van der Waals surface area contributed by atoms with Crippen LogP contribution in [-0.2, 0) is 9.59 Å². The number of fused-ring (bicyclic) bond motifs is 1. The van der Waals surface area contributed by atoms with E-state index >= 15 is 0 Å². The summed E-state index contributed by atoms with van der Waals surface area (Å²) in [6.45, 7) is 1.62. The molecular weight excluding hydrogens is 390 g/mol. The molecule has 3 rings (SSSR count). The summed E-state index contributed by atoms with van der Waals surface area (Å²) in [6, 6.07) is 12.1. The first-order valence-electron chi connectivity index (χ1n) is 8.86. The van der Waals surface area contributed by atoms with E-state index in [0.29, 0.717) is 5.13 Å². The molecule has 0 aliphatic carbocycles. The lowest BCUT2D eigenvalue weighted by molar-refractivity contribution is -0.123. The van der Waals surface area contributed by atoms with Crippen molar-refractivity contribution in [3.63, 3.8) is 0 Å². The van der Waals surface area contributed by atoms with E-state index in [9.17, 15) is 9.59 Å². The summed E-state index contributed by atoms with van der Waals surface area (Å²) in [5.74, 6) is 0.758. The topological polar surface area (TPSA) is 89.5 Å². The molecule has 29 heavy (non-hydrogen) atoms. The largest absolute Gasteiger partial charge is 0.497 e. The average molecular weight is 411 g/mol. The molecule has 0 spiro atoms. The third-order valence-electron chi connectivity index (χ3n) is 4.12. The highest BCUT2D eigenvalue weighted by Gasteiger charge is 2.16. The van der Waals surface area contributed by atoms with Gasteiger partial charge in [0.05, 0.1) is 24.4 Å². The van der Waals surface area contributed by atoms with Crippen molar-refractivity contribution in [2.45, 2.75) is 13.0 Å². The van der Waals surface area contributed by atoms with Crippen LogP contribution in [0.4, 0.5) is 5.13 Å². The van der Waals surface area contributed by atoms with Crippen molar-refractivity contribution in [2.24, 2.45) is 0 Å². The van der Waals surface area contributed by atoms with Gasteiger partial charge < -0.3 is 20.1 Å². The number of hydrogen-bond donors (Lipinski definition) is 2. The Morgan fingerprint density at radius 2 is 1.76 bits per heavy atom. The Balaban J connectivity index is 1.56. The molecule has 1 atom stereocenters. The molecule has 2 N–H and O–H groups in total. The zero-order valence-electron chi connectivity index (χ0n) is 16.3. The summed E-state index contributed by atoms with van der Waals surface area (Å²) in [7, 11) is 3.19. The van der Waals surface area contributed by atoms with Gasteiger partial charge in [-0.25, -0.2) is 4.98 Å². The summed E-state index contributed by atoms with van der Waals surface area (Å²) in [6.07, 6.45) is 3.05. The molecule has 2 aromatic carbocycles. The standard InChI is InChI=1S/C21H21N3O4S/c1-13(22-19(25)11-6-14-4-7-15(27-2)8-5-14)20(26)24-21-23-17-10-9-16(28-3)12-18(17)29-21/h4-13H,1-3H3,(H,22,25)(H,23,24,26)/b11-6+. The SMILES string of the molecule is COc1ccc(/C=C/C(=O)NC(C)C(=O)Nc2nc3ccc(OC)cc3s2)cc1. The number of aromatic nitrogens is 1. The Labute approximate surface area is 172 Å². The number of hydrogen-bond acceptors (Lipinski definition) is 6. The molecule has 1 unspecified atom stereocenters. The van der Waals surface area contributed by atoms with Crippen LogP contribution in [0.2, 0.25) is 0 Å². The third-order valence-corrected chi connectivity index (χ3v) is 5.05. The number of benzene rings is 2. The molecule has 1 aromatic heterocycles. The number of carbonyl (C=O) groups is 2. The van der Waals surface area contributed by atoms with Crippen LogP contribution >= 0.6 is 11.3 Å². The molecule has 150 valence electrons. The van der Waals surface area contributed by atoms with Crippen LogP contribution < -0.4 is 20.1 Å². The zero-order valence-corrected chi connectivity index (χ0v) is 17.1. The number of amides is 2. The van der Waals surface area contributed by atoms with Gasteiger partial charge in [-0.3, -0.25) is 9.59 Å². The molecule has 0 radical (unpaired) electrons. The number of methoxy groups -OCH3 is 2. The summed E-state index contributed by atoms with van der Waals surface area (Å²) < 4.78 is 11.2. The first-order chi connectivity index (χ1) is 14.0. The van der Waals surface area contributed by atoms with Crippen LogP contribution in [0.1, 0.15) is 12.5 Å². The fraction of sp³-hybridized carbons (Fsp3) is 0.190. The van der Waals surface area contributed by atoms with Gasteiger partial charge in [0, 0.05) is 6.08 Å². The highest BCUT2D eigenvalue weighted by Crippen LogP contribution is 2.29. The van der Waals surface area contributed by atoms with Crippen molar-refractivity contribution in [3.8, 4) is 11.5 Å². The maximum Gasteiger partial charge on any atom is 0.248 e. The van der Waals surface area contributed by atoms with Gasteiger partial charge in [0.15, 0.2) is 5.13 Å². The fourth-order valence-corrected chi connectivity index (χ4v) is 3.41. The van der Waals surface area contributed by atoms with Gasteiger partial charge in [0.1, 0.15) is 17.5 Å². The molecule has 0 fully saturated rings. The molecule has 0 aliphatic rings. The molecule has 0 bridgehead atoms. The van der Waals surface area contributed by atoms with Crippen LogP contribution in [0, 0.1) is 0 Å². The van der Waals surface area contributed by atoms with Gasteiger partial charge in [-0.2, -0.15) is 0 Å². The van der Waals surface area contributed by atoms with E-state index in [1.165, 1.54) is 17.4 Å². The van der Waals surface area contributed by atoms with Crippen LogP contribution in [0.15, 0.2) is 48.5 Å². The predicted octanol–water partition coefficient (Wildman–Crippen LogP) is 3.47. The number of nitrogens with one attached hydrogen (secondary N) is 2. The molecule has 2 amide bonds. The Morgan fingerprint density at radius 1 is 1.07 bits per heavy atom. The quantitative estimate of drug-likeness (QED) is 0.581. The Bertz CT molecular complexity index is 1040. The average Bonchev–Trinajstić information content (AvgIpc) is 3.13. The number of rotatable bonds is 7. The lowest BCUT2D eigenvalue weighted by Crippen LogP contribution is -2.40. The number of nitrogens with zero attached hydrogens (tertiary/aromatic N) is 1. The van der Waals surface area contributed by atoms with E-state index in [1.54, 1.807) is 39.4 Å². The molecule has 0 saturated carbocycles. The lowest BCUT2D eigenvalue weighted by Gasteiger charge is -2.11. The monoisotopic (exact) mass is 411 g/mol. The Hall–Kier alpha value is -3.39. The maximum atomic E-state index is 12.4. The molecule has 8 heteroatoms. The van der Waals surface area contributed by atoms with Gasteiger partial charge in [-0.15, -0.1) is 0 Å². The van der Waals surface area contributed by atoms with Crippen molar-refractivity contribution in [2.75, 3.05) is 19.5 Å². The molecule has 3 aromatic rings. The molecule has 1 heterocycles. The molecule has 7 nitrogen and oxygen atoms in total. The van der Waals surface area contributed by atoms with Crippen LogP contribution in [0.5, 0.6) is 11.5 Å². The fourth-order valence-electron chi connectivity index (χ4n) is 2.51. The van der Waals surface area contributed by atoms with E-state index in [2.05, 4.69) is 15.6 Å². The molecule has 0 saturated heterocycles. The van der Waals surface area contributed by atoms with Gasteiger partial charge >= 0.3 is 0 Å². The second kappa shape index (κ2) is 9.20. The summed E-state index contributed by atoms with van der Waals surface area (Å²) >= 11 is 1.34. The van der Waals surface area contributed by atoms with Gasteiger partial charge in [-0.05, 0) is 48.9 Å². The van der Waals surface area contributed by atoms with Crippen LogP contribution in [-0.4, -0.2) is 37.1 Å². The molecular formula is C21H21N3O4S. The Morgan fingerprint density at radius 3 is 2.45 bits per heavy atom. The lowest BCUT2D eigenvalue weighted by atomic mass is 10.2. The maximum absolute atomic E-state index is 12.4. The van der Waals surface area contributed by atoms with E-state index in [-0.39, 0.29) is 11.8 Å². The van der Waals surface area contributed by atoms with Gasteiger partial charge in [0.2, 0.25) is 11.8 Å². The highest BCUT2D eigenvalue weighted by atomic mass is 32.1. The molecule has 0 aliphatic heterocycles. The van der Waals surface area contributed by atoms with Crippen molar-refractivity contribution >= 4 is 44.6 Å². The third kappa shape index (κ3) is 5.32. The van der Waals surface area contributed by atoms with Crippen molar-refractivity contribution in [1.82, 2.24) is 10.3 Å². The normalized spacial score (nSPS) is 12.0. The number of ether oxygens (including phenoxy) is 2. The van der Waals surface area contributed by atoms with Crippen LogP contribution in [0.25, 0.3) is 16.3 Å². The van der Waals surface area contributed by atoms with Crippen molar-refractivity contribution in [3.05, 3.63) is 54.1 Å². The summed E-state index contributed by atoms with van der Waals surface area (Å²) in [4.78, 5) is 28.8. The van der Waals surface area contributed by atoms with Gasteiger partial charge in [0.25, 0.3) is 0 Å². The van der Waals surface area contributed by atoms with Crippen molar-refractivity contribution < 1.29 is 19.1 Å². The smallest absolute Gasteiger partial charge is 0.248 e. The number of anilines is 1. The summed E-state index contributed by atoms with van der Waals surface area (Å²) in [5, 5.41) is 5.84. The van der Waals surface area contributed by atoms with E-state index < -0.39 is 6.04 Å². The van der Waals surface area contributed by atoms with E-state index in [1.807, 2.05) is 30.3 Å². The van der Waals surface area contributed by atoms with Crippen LogP contribution in [0.3, 0.4) is 0 Å². The number of thiazole rings is 1. The van der Waals surface area contributed by atoms with Gasteiger partial charge in [-0.1, -0.05) is 23.5 Å². The second-order valence-corrected chi connectivity index (χ2v) is 7.21. The first-order valence-corrected chi connectivity index (χ1v) is 9.68. The highest BCUT2D eigenvalue weighted by molar-refractivity contribution is 7.22. The van der Waals surface area contributed by atoms with E-state index in [4.69, 9.17) is 9.47 Å². The minimum atomic E-state index is -0.718.